The Balaban J connectivity index is 2.18. The molecule has 0 radical (unpaired) electrons. The Hall–Kier alpha value is -4.60. The highest BCUT2D eigenvalue weighted by Gasteiger charge is 2.31. The number of guanidine groups is 2. The van der Waals surface area contributed by atoms with E-state index in [0.717, 1.165) is 6.42 Å². The lowest BCUT2D eigenvalue weighted by Gasteiger charge is -2.25. The molecule has 0 bridgehead atoms. The molecule has 3 amide bonds. The number of nitrogens with two attached hydrogens (primary N) is 4. The number of carboxylic acids is 1. The van der Waals surface area contributed by atoms with Crippen molar-refractivity contribution in [2.24, 2.45) is 32.9 Å². The van der Waals surface area contributed by atoms with Crippen molar-refractivity contribution < 1.29 is 29.4 Å². The van der Waals surface area contributed by atoms with Gasteiger partial charge in [0.15, 0.2) is 11.9 Å². The van der Waals surface area contributed by atoms with Crippen molar-refractivity contribution in [3.8, 4) is 5.75 Å². The number of rotatable bonds is 17. The van der Waals surface area contributed by atoms with E-state index in [1.165, 1.54) is 12.1 Å². The summed E-state index contributed by atoms with van der Waals surface area (Å²) >= 11 is 0. The van der Waals surface area contributed by atoms with E-state index in [1.54, 1.807) is 12.1 Å². The first-order chi connectivity index (χ1) is 20.0. The number of amides is 3. The quantitative estimate of drug-likeness (QED) is 0.0507. The Labute approximate surface area is 243 Å². The first-order valence-electron chi connectivity index (χ1n) is 13.7. The number of aromatic hydroxyl groups is 1. The molecule has 1 aliphatic heterocycles. The number of aliphatic carboxylic acids is 1. The predicted octanol–water partition coefficient (Wildman–Crippen LogP) is -2.67. The molecule has 4 atom stereocenters. The van der Waals surface area contributed by atoms with Gasteiger partial charge < -0.3 is 54.4 Å². The largest absolute Gasteiger partial charge is 0.508 e. The molecule has 2 rings (SSSR count). The summed E-state index contributed by atoms with van der Waals surface area (Å²) in [7, 11) is 0. The average molecular weight is 591 g/mol. The van der Waals surface area contributed by atoms with Gasteiger partial charge in [-0.2, -0.15) is 0 Å². The third-order valence-corrected chi connectivity index (χ3v) is 6.52. The number of phenolic OH excluding ortho intramolecular Hbond substituents is 1. The summed E-state index contributed by atoms with van der Waals surface area (Å²) in [5.74, 6) is -3.21. The zero-order valence-corrected chi connectivity index (χ0v) is 23.4. The minimum atomic E-state index is -1.32. The molecule has 1 aliphatic rings. The van der Waals surface area contributed by atoms with E-state index >= 15 is 0 Å². The van der Waals surface area contributed by atoms with E-state index in [0.29, 0.717) is 31.4 Å². The molecule has 232 valence electrons. The van der Waals surface area contributed by atoms with E-state index in [2.05, 4.69) is 31.3 Å². The lowest BCUT2D eigenvalue weighted by molar-refractivity contribution is -0.142. The van der Waals surface area contributed by atoms with Crippen LogP contribution in [0.1, 0.15) is 44.1 Å². The van der Waals surface area contributed by atoms with Crippen LogP contribution in [0, 0.1) is 0 Å². The number of nitrogens with zero attached hydrogens (tertiary/aromatic N) is 2. The van der Waals surface area contributed by atoms with E-state index in [-0.39, 0.29) is 55.9 Å². The maximum atomic E-state index is 13.4. The van der Waals surface area contributed by atoms with Crippen LogP contribution in [0.15, 0.2) is 34.3 Å². The van der Waals surface area contributed by atoms with Gasteiger partial charge in [-0.15, -0.1) is 0 Å². The number of phenols is 1. The Kier molecular flexibility index (Phi) is 13.8. The number of aliphatic imine (C=N–C) groups is 2. The monoisotopic (exact) mass is 590 g/mol. The van der Waals surface area contributed by atoms with Crippen molar-refractivity contribution in [1.82, 2.24) is 21.3 Å². The van der Waals surface area contributed by atoms with Crippen molar-refractivity contribution in [1.29, 1.82) is 0 Å². The Morgan fingerprint density at radius 2 is 1.38 bits per heavy atom. The number of carboxylic acid groups (broad SMARTS) is 1. The number of benzene rings is 1. The van der Waals surface area contributed by atoms with E-state index in [4.69, 9.17) is 22.9 Å². The first-order valence-corrected chi connectivity index (χ1v) is 13.7. The summed E-state index contributed by atoms with van der Waals surface area (Å²) in [5.41, 5.74) is 22.1. The molecule has 1 fully saturated rings. The lowest BCUT2D eigenvalue weighted by atomic mass is 10.0. The van der Waals surface area contributed by atoms with Gasteiger partial charge in [0.25, 0.3) is 0 Å². The number of hydrogen-bond donors (Lipinski definition) is 10. The number of carbonyl (C=O) groups is 4. The summed E-state index contributed by atoms with van der Waals surface area (Å²) < 4.78 is 0. The van der Waals surface area contributed by atoms with E-state index < -0.39 is 42.0 Å². The molecule has 1 saturated heterocycles. The van der Waals surface area contributed by atoms with Gasteiger partial charge in [-0.1, -0.05) is 12.1 Å². The van der Waals surface area contributed by atoms with Crippen LogP contribution in [-0.2, 0) is 25.6 Å². The van der Waals surface area contributed by atoms with Crippen LogP contribution in [0.2, 0.25) is 0 Å². The van der Waals surface area contributed by atoms with Gasteiger partial charge in [0.1, 0.15) is 23.9 Å². The minimum Gasteiger partial charge on any atom is -0.508 e. The molecule has 0 spiro atoms. The van der Waals surface area contributed by atoms with Gasteiger partial charge in [-0.05, 0) is 62.8 Å². The maximum absolute atomic E-state index is 13.4. The average Bonchev–Trinajstić information content (AvgIpc) is 3.47. The van der Waals surface area contributed by atoms with Gasteiger partial charge >= 0.3 is 5.97 Å². The Morgan fingerprint density at radius 1 is 0.857 bits per heavy atom. The predicted molar refractivity (Wildman–Crippen MR) is 156 cm³/mol. The van der Waals surface area contributed by atoms with Crippen LogP contribution in [0.4, 0.5) is 0 Å². The van der Waals surface area contributed by atoms with Gasteiger partial charge in [0.05, 0.1) is 6.04 Å². The molecule has 0 aliphatic carbocycles. The van der Waals surface area contributed by atoms with Gasteiger partial charge in [-0.3, -0.25) is 24.4 Å². The molecule has 4 unspecified atom stereocenters. The fourth-order valence-electron chi connectivity index (χ4n) is 4.34. The van der Waals surface area contributed by atoms with Crippen LogP contribution in [0.25, 0.3) is 0 Å². The molecule has 0 saturated carbocycles. The number of carbonyl (C=O) groups excluding carboxylic acids is 3. The van der Waals surface area contributed by atoms with Crippen molar-refractivity contribution in [3.05, 3.63) is 29.8 Å². The van der Waals surface area contributed by atoms with Crippen LogP contribution < -0.4 is 44.2 Å². The van der Waals surface area contributed by atoms with Gasteiger partial charge in [0.2, 0.25) is 17.7 Å². The molecule has 16 nitrogen and oxygen atoms in total. The second-order valence-electron chi connectivity index (χ2n) is 9.94. The normalized spacial score (nSPS) is 16.3. The summed E-state index contributed by atoms with van der Waals surface area (Å²) in [6, 6.07) is 1.98. The zero-order chi connectivity index (χ0) is 31.1. The third kappa shape index (κ3) is 12.3. The van der Waals surface area contributed by atoms with Crippen molar-refractivity contribution in [3.63, 3.8) is 0 Å². The minimum absolute atomic E-state index is 0.0156. The standard InChI is InChI=1S/C26H42N10O6/c27-25(28)32-12-2-5-18(34-21(38)17-4-1-11-31-17)22(39)35-19(6-3-13-33-26(29)30)23(40)36-20(24(41)42)14-15-7-9-16(37)10-8-15/h7-10,17-20,31,37H,1-6,11-14H2,(H,34,38)(H,35,39)(H,36,40)(H,41,42)(H4,27,28,32)(H4,29,30,33). The second kappa shape index (κ2) is 17.3. The lowest BCUT2D eigenvalue weighted by Crippen LogP contribution is -2.57. The van der Waals surface area contributed by atoms with Crippen molar-refractivity contribution >= 4 is 35.6 Å². The molecule has 16 heteroatoms. The molecular weight excluding hydrogens is 548 g/mol. The Morgan fingerprint density at radius 3 is 1.86 bits per heavy atom. The molecule has 14 N–H and O–H groups in total. The van der Waals surface area contributed by atoms with Crippen molar-refractivity contribution in [2.45, 2.75) is 69.1 Å². The van der Waals surface area contributed by atoms with Crippen LogP contribution in [0.5, 0.6) is 5.75 Å². The highest BCUT2D eigenvalue weighted by Crippen LogP contribution is 2.12. The molecule has 1 heterocycles. The number of hydrogen-bond acceptors (Lipinski definition) is 8. The molecular formula is C26H42N10O6. The smallest absolute Gasteiger partial charge is 0.326 e. The topological polar surface area (TPSA) is 286 Å². The van der Waals surface area contributed by atoms with E-state index in [1.807, 2.05) is 0 Å². The van der Waals surface area contributed by atoms with Gasteiger partial charge in [0, 0.05) is 19.5 Å². The fraction of sp³-hybridized carbons (Fsp3) is 0.538. The van der Waals surface area contributed by atoms with Crippen LogP contribution >= 0.6 is 0 Å². The highest BCUT2D eigenvalue weighted by molar-refractivity contribution is 5.94. The second-order valence-corrected chi connectivity index (χ2v) is 9.94. The first kappa shape index (κ1) is 33.6. The molecule has 1 aromatic carbocycles. The van der Waals surface area contributed by atoms with E-state index in [9.17, 15) is 29.4 Å². The number of nitrogens with one attached hydrogen (secondary N) is 4. The third-order valence-electron chi connectivity index (χ3n) is 6.52. The summed E-state index contributed by atoms with van der Waals surface area (Å²) in [6.07, 6.45) is 2.31. The Bertz CT molecular complexity index is 1110. The summed E-state index contributed by atoms with van der Waals surface area (Å²) in [5, 5.41) is 30.2. The van der Waals surface area contributed by atoms with Crippen molar-refractivity contribution in [2.75, 3.05) is 19.6 Å². The molecule has 0 aromatic heterocycles. The fourth-order valence-corrected chi connectivity index (χ4v) is 4.34. The van der Waals surface area contributed by atoms with Crippen LogP contribution in [-0.4, -0.2) is 89.6 Å². The zero-order valence-electron chi connectivity index (χ0n) is 23.4. The molecule has 42 heavy (non-hydrogen) atoms. The summed E-state index contributed by atoms with van der Waals surface area (Å²) in [4.78, 5) is 59.2. The molecule has 1 aromatic rings. The van der Waals surface area contributed by atoms with Crippen LogP contribution in [0.3, 0.4) is 0 Å². The SMILES string of the molecule is NC(N)=NCCCC(NC(=O)C(CCCN=C(N)N)NC(=O)C1CCCN1)C(=O)NC(Cc1ccc(O)cc1)C(=O)O. The summed E-state index contributed by atoms with van der Waals surface area (Å²) in [6.45, 7) is 1.08. The maximum Gasteiger partial charge on any atom is 0.326 e. The van der Waals surface area contributed by atoms with Gasteiger partial charge in [-0.25, -0.2) is 4.79 Å². The highest BCUT2D eigenvalue weighted by atomic mass is 16.4.